The number of hydrogen-bond acceptors (Lipinski definition) is 7. The summed E-state index contributed by atoms with van der Waals surface area (Å²) in [7, 11) is 4.10. The fourth-order valence-corrected chi connectivity index (χ4v) is 3.10. The van der Waals surface area contributed by atoms with E-state index in [2.05, 4.69) is 14.7 Å². The fourth-order valence-electron chi connectivity index (χ4n) is 2.09. The topological polar surface area (TPSA) is 70.5 Å². The first-order valence-corrected chi connectivity index (χ1v) is 7.48. The number of alkyl halides is 1. The van der Waals surface area contributed by atoms with Gasteiger partial charge in [0.1, 0.15) is 0 Å². The molecule has 0 spiro atoms. The van der Waals surface area contributed by atoms with Crippen LogP contribution >= 0.6 is 11.8 Å². The van der Waals surface area contributed by atoms with Crippen LogP contribution in [0.15, 0.2) is 22.2 Å². The van der Waals surface area contributed by atoms with Crippen molar-refractivity contribution in [1.82, 2.24) is 9.97 Å². The van der Waals surface area contributed by atoms with Crippen LogP contribution in [0.3, 0.4) is 0 Å². The van der Waals surface area contributed by atoms with Gasteiger partial charge < -0.3 is 14.2 Å². The van der Waals surface area contributed by atoms with Crippen LogP contribution in [-0.4, -0.2) is 42.9 Å². The highest BCUT2D eigenvalue weighted by atomic mass is 32.2. The molecule has 2 rings (SSSR count). The number of thioether (sulfide) groups is 1. The smallest absolute Gasteiger partial charge is 0.348 e. The minimum absolute atomic E-state index is 0.0829. The van der Waals surface area contributed by atoms with E-state index in [1.165, 1.54) is 27.4 Å². The number of esters is 1. The number of methoxy groups -OCH3 is 3. The minimum atomic E-state index is -2.16. The summed E-state index contributed by atoms with van der Waals surface area (Å²) in [5, 5.41) is 0.246. The zero-order chi connectivity index (χ0) is 16.2. The quantitative estimate of drug-likeness (QED) is 0.607. The number of carbonyl (C=O) groups is 1. The van der Waals surface area contributed by atoms with Crippen molar-refractivity contribution in [3.8, 4) is 11.8 Å². The molecule has 6 nitrogen and oxygen atoms in total. The Hall–Kier alpha value is -1.83. The van der Waals surface area contributed by atoms with E-state index >= 15 is 0 Å². The lowest BCUT2D eigenvalue weighted by molar-refractivity contribution is -0.152. The summed E-state index contributed by atoms with van der Waals surface area (Å²) in [4.78, 5) is 20.3. The highest BCUT2D eigenvalue weighted by molar-refractivity contribution is 8.03. The van der Waals surface area contributed by atoms with Crippen LogP contribution in [0.2, 0.25) is 0 Å². The van der Waals surface area contributed by atoms with Gasteiger partial charge in [-0.25, -0.2) is 9.18 Å². The van der Waals surface area contributed by atoms with Crippen molar-refractivity contribution in [2.75, 3.05) is 21.3 Å². The van der Waals surface area contributed by atoms with Gasteiger partial charge in [-0.05, 0) is 19.3 Å². The number of hydrogen-bond donors (Lipinski definition) is 0. The average Bonchev–Trinajstić information content (AvgIpc) is 2.55. The van der Waals surface area contributed by atoms with E-state index in [9.17, 15) is 9.18 Å². The van der Waals surface area contributed by atoms with Crippen molar-refractivity contribution in [3.05, 3.63) is 17.0 Å². The van der Waals surface area contributed by atoms with E-state index in [1.54, 1.807) is 6.08 Å². The summed E-state index contributed by atoms with van der Waals surface area (Å²) < 4.78 is 29.7. The Morgan fingerprint density at radius 1 is 1.27 bits per heavy atom. The lowest BCUT2D eigenvalue weighted by Gasteiger charge is -2.27. The SMILES string of the molecule is COC(=O)C1(F)CCCC=C1Sc1nc(OC)cc(OC)n1. The Balaban J connectivity index is 2.32. The second-order valence-corrected chi connectivity index (χ2v) is 5.60. The maximum absolute atomic E-state index is 15.0. The first-order valence-electron chi connectivity index (χ1n) is 6.66. The predicted molar refractivity (Wildman–Crippen MR) is 78.8 cm³/mol. The Morgan fingerprint density at radius 2 is 1.91 bits per heavy atom. The van der Waals surface area contributed by atoms with Gasteiger partial charge in [-0.15, -0.1) is 0 Å². The zero-order valence-corrected chi connectivity index (χ0v) is 13.4. The molecule has 120 valence electrons. The Labute approximate surface area is 132 Å². The van der Waals surface area contributed by atoms with Crippen molar-refractivity contribution < 1.29 is 23.4 Å². The molecule has 1 aliphatic rings. The molecular formula is C14H17FN2O4S. The van der Waals surface area contributed by atoms with Gasteiger partial charge in [0.05, 0.1) is 27.4 Å². The van der Waals surface area contributed by atoms with Crippen molar-refractivity contribution in [2.24, 2.45) is 0 Å². The highest BCUT2D eigenvalue weighted by Gasteiger charge is 2.45. The van der Waals surface area contributed by atoms with Crippen LogP contribution in [-0.2, 0) is 9.53 Å². The third-order valence-corrected chi connectivity index (χ3v) is 4.31. The van der Waals surface area contributed by atoms with Crippen LogP contribution in [0.25, 0.3) is 0 Å². The standard InChI is InChI=1S/C14H17FN2O4S/c1-19-10-8-11(20-2)17-13(16-10)22-9-6-4-5-7-14(9,15)12(18)21-3/h6,8H,4-5,7H2,1-3H3. The number of allylic oxidation sites excluding steroid dienone is 1. The highest BCUT2D eigenvalue weighted by Crippen LogP contribution is 2.43. The second-order valence-electron chi connectivity index (χ2n) is 4.59. The Kier molecular flexibility index (Phi) is 5.23. The number of rotatable bonds is 5. The Morgan fingerprint density at radius 3 is 2.45 bits per heavy atom. The number of carbonyl (C=O) groups excluding carboxylic acids is 1. The van der Waals surface area contributed by atoms with Crippen molar-refractivity contribution in [1.29, 1.82) is 0 Å². The molecule has 1 aromatic heterocycles. The monoisotopic (exact) mass is 328 g/mol. The molecule has 1 heterocycles. The van der Waals surface area contributed by atoms with Crippen LogP contribution in [0.5, 0.6) is 11.8 Å². The van der Waals surface area contributed by atoms with Crippen LogP contribution in [0, 0.1) is 0 Å². The molecule has 1 unspecified atom stereocenters. The molecule has 1 aromatic rings. The first kappa shape index (κ1) is 16.5. The minimum Gasteiger partial charge on any atom is -0.481 e. The van der Waals surface area contributed by atoms with E-state index in [0.717, 1.165) is 11.8 Å². The molecule has 0 aromatic carbocycles. The average molecular weight is 328 g/mol. The normalized spacial score (nSPS) is 21.0. The fraction of sp³-hybridized carbons (Fsp3) is 0.500. The van der Waals surface area contributed by atoms with Crippen molar-refractivity contribution in [2.45, 2.75) is 30.1 Å². The molecule has 1 atom stereocenters. The number of aromatic nitrogens is 2. The number of ether oxygens (including phenoxy) is 3. The summed E-state index contributed by atoms with van der Waals surface area (Å²) >= 11 is 0.977. The maximum atomic E-state index is 15.0. The van der Waals surface area contributed by atoms with Gasteiger partial charge in [0.25, 0.3) is 0 Å². The van der Waals surface area contributed by atoms with Crippen molar-refractivity contribution >= 4 is 17.7 Å². The lowest BCUT2D eigenvalue weighted by atomic mass is 9.92. The number of halogens is 1. The third-order valence-electron chi connectivity index (χ3n) is 3.23. The Bertz CT molecular complexity index is 574. The molecule has 8 heteroatoms. The van der Waals surface area contributed by atoms with Gasteiger partial charge in [0.15, 0.2) is 5.16 Å². The van der Waals surface area contributed by atoms with Crippen LogP contribution in [0.1, 0.15) is 19.3 Å². The van der Waals surface area contributed by atoms with E-state index < -0.39 is 11.6 Å². The summed E-state index contributed by atoms with van der Waals surface area (Å²) in [6, 6.07) is 1.52. The summed E-state index contributed by atoms with van der Waals surface area (Å²) in [6.07, 6.45) is 3.03. The van der Waals surface area contributed by atoms with Crippen molar-refractivity contribution in [3.63, 3.8) is 0 Å². The van der Waals surface area contributed by atoms with Gasteiger partial charge in [0, 0.05) is 4.91 Å². The molecule has 0 saturated heterocycles. The summed E-state index contributed by atoms with van der Waals surface area (Å²) in [6.45, 7) is 0. The zero-order valence-electron chi connectivity index (χ0n) is 12.6. The molecule has 0 radical (unpaired) electrons. The molecule has 0 aliphatic heterocycles. The van der Waals surface area contributed by atoms with Gasteiger partial charge in [0.2, 0.25) is 17.4 Å². The van der Waals surface area contributed by atoms with Gasteiger partial charge in [-0.3, -0.25) is 0 Å². The van der Waals surface area contributed by atoms with E-state index in [1.807, 2.05) is 0 Å². The summed E-state index contributed by atoms with van der Waals surface area (Å²) in [5.74, 6) is -0.303. The molecule has 0 saturated carbocycles. The first-order chi connectivity index (χ1) is 10.5. The van der Waals surface area contributed by atoms with Gasteiger partial charge in [-0.2, -0.15) is 9.97 Å². The number of nitrogens with zero attached hydrogens (tertiary/aromatic N) is 2. The van der Waals surface area contributed by atoms with E-state index in [4.69, 9.17) is 9.47 Å². The second kappa shape index (κ2) is 6.95. The maximum Gasteiger partial charge on any atom is 0.348 e. The predicted octanol–water partition coefficient (Wildman–Crippen LogP) is 2.54. The van der Waals surface area contributed by atoms with Crippen LogP contribution < -0.4 is 9.47 Å². The van der Waals surface area contributed by atoms with Gasteiger partial charge >= 0.3 is 5.97 Å². The van der Waals surface area contributed by atoms with Gasteiger partial charge in [-0.1, -0.05) is 17.8 Å². The molecule has 0 N–H and O–H groups in total. The molecule has 1 aliphatic carbocycles. The molecular weight excluding hydrogens is 311 g/mol. The molecule has 0 bridgehead atoms. The molecule has 0 fully saturated rings. The van der Waals surface area contributed by atoms with E-state index in [-0.39, 0.29) is 16.5 Å². The molecule has 22 heavy (non-hydrogen) atoms. The summed E-state index contributed by atoms with van der Waals surface area (Å²) in [5.41, 5.74) is -2.16. The van der Waals surface area contributed by atoms with Crippen LogP contribution in [0.4, 0.5) is 4.39 Å². The lowest BCUT2D eigenvalue weighted by Crippen LogP contribution is -2.37. The largest absolute Gasteiger partial charge is 0.481 e. The molecule has 0 amide bonds. The third kappa shape index (κ3) is 3.32. The van der Waals surface area contributed by atoms with E-state index in [0.29, 0.717) is 24.6 Å².